The van der Waals surface area contributed by atoms with Crippen molar-refractivity contribution in [3.63, 3.8) is 0 Å². The fourth-order valence-corrected chi connectivity index (χ4v) is 2.60. The molecule has 0 radical (unpaired) electrons. The van der Waals surface area contributed by atoms with Crippen molar-refractivity contribution in [2.45, 2.75) is 24.5 Å². The molecule has 0 spiro atoms. The predicted molar refractivity (Wildman–Crippen MR) is 73.5 cm³/mol. The molecule has 1 saturated heterocycles. The topological polar surface area (TPSA) is 170 Å². The molecule has 118 valence electrons. The van der Waals surface area contributed by atoms with E-state index >= 15 is 0 Å². The van der Waals surface area contributed by atoms with E-state index < -0.39 is 37.1 Å². The van der Waals surface area contributed by atoms with Crippen LogP contribution in [0, 0.1) is 0 Å². The maximum absolute atomic E-state index is 11.6. The Morgan fingerprint density at radius 3 is 2.68 bits per heavy atom. The number of rotatable bonds is 3. The van der Waals surface area contributed by atoms with E-state index in [1.54, 1.807) is 0 Å². The SMILES string of the molecule is NC(=O)c1cn([C@@H]2O[C@H](CO)[C@H](O)[C@H]2O)c2ncnc(N)c12. The molecule has 1 aliphatic rings. The summed E-state index contributed by atoms with van der Waals surface area (Å²) in [6.07, 6.45) is -2.06. The van der Waals surface area contributed by atoms with Gasteiger partial charge in [0, 0.05) is 6.20 Å². The van der Waals surface area contributed by atoms with Gasteiger partial charge in [-0.1, -0.05) is 0 Å². The van der Waals surface area contributed by atoms with Crippen LogP contribution >= 0.6 is 0 Å². The fourth-order valence-electron chi connectivity index (χ4n) is 2.60. The third-order valence-corrected chi connectivity index (χ3v) is 3.70. The number of amides is 1. The van der Waals surface area contributed by atoms with E-state index in [1.165, 1.54) is 17.1 Å². The second-order valence-corrected chi connectivity index (χ2v) is 5.00. The molecule has 2 aromatic heterocycles. The van der Waals surface area contributed by atoms with Gasteiger partial charge in [0.1, 0.15) is 36.1 Å². The van der Waals surface area contributed by atoms with Gasteiger partial charge in [0.05, 0.1) is 17.6 Å². The Kier molecular flexibility index (Phi) is 3.45. The molecule has 22 heavy (non-hydrogen) atoms. The van der Waals surface area contributed by atoms with E-state index in [0.717, 1.165) is 0 Å². The van der Waals surface area contributed by atoms with E-state index in [9.17, 15) is 15.0 Å². The Balaban J connectivity index is 2.16. The van der Waals surface area contributed by atoms with Gasteiger partial charge in [-0.05, 0) is 0 Å². The zero-order valence-electron chi connectivity index (χ0n) is 11.3. The van der Waals surface area contributed by atoms with Gasteiger partial charge in [-0.2, -0.15) is 0 Å². The number of aliphatic hydroxyl groups excluding tert-OH is 3. The number of anilines is 1. The van der Waals surface area contributed by atoms with Gasteiger partial charge < -0.3 is 36.1 Å². The van der Waals surface area contributed by atoms with Crippen LogP contribution in [0.15, 0.2) is 12.5 Å². The summed E-state index contributed by atoms with van der Waals surface area (Å²) in [4.78, 5) is 19.4. The summed E-state index contributed by atoms with van der Waals surface area (Å²) in [7, 11) is 0. The number of ether oxygens (including phenoxy) is 1. The molecule has 3 heterocycles. The summed E-state index contributed by atoms with van der Waals surface area (Å²) in [5, 5.41) is 29.3. The molecule has 3 rings (SSSR count). The first-order chi connectivity index (χ1) is 10.5. The molecule has 0 saturated carbocycles. The highest BCUT2D eigenvalue weighted by Gasteiger charge is 2.44. The smallest absolute Gasteiger partial charge is 0.251 e. The average molecular weight is 309 g/mol. The highest BCUT2D eigenvalue weighted by Crippen LogP contribution is 2.34. The van der Waals surface area contributed by atoms with Gasteiger partial charge in [0.25, 0.3) is 5.91 Å². The lowest BCUT2D eigenvalue weighted by atomic mass is 10.1. The van der Waals surface area contributed by atoms with Crippen molar-refractivity contribution in [3.05, 3.63) is 18.1 Å². The van der Waals surface area contributed by atoms with Gasteiger partial charge in [-0.25, -0.2) is 9.97 Å². The second kappa shape index (κ2) is 5.18. The van der Waals surface area contributed by atoms with Crippen LogP contribution in [0.3, 0.4) is 0 Å². The Labute approximate surface area is 123 Å². The van der Waals surface area contributed by atoms with E-state index in [-0.39, 0.29) is 22.4 Å². The first-order valence-corrected chi connectivity index (χ1v) is 6.49. The van der Waals surface area contributed by atoms with Gasteiger partial charge in [-0.3, -0.25) is 4.79 Å². The maximum Gasteiger partial charge on any atom is 0.251 e. The van der Waals surface area contributed by atoms with E-state index in [2.05, 4.69) is 9.97 Å². The highest BCUT2D eigenvalue weighted by molar-refractivity contribution is 6.08. The molecule has 0 unspecified atom stereocenters. The fraction of sp³-hybridized carbons (Fsp3) is 0.417. The summed E-state index contributed by atoms with van der Waals surface area (Å²) in [6.45, 7) is -0.465. The summed E-state index contributed by atoms with van der Waals surface area (Å²) in [6, 6.07) is 0. The number of primary amides is 1. The minimum atomic E-state index is -1.32. The van der Waals surface area contributed by atoms with Crippen molar-refractivity contribution in [1.82, 2.24) is 14.5 Å². The van der Waals surface area contributed by atoms with Gasteiger partial charge >= 0.3 is 0 Å². The van der Waals surface area contributed by atoms with E-state index in [1.807, 2.05) is 0 Å². The molecule has 10 heteroatoms. The Morgan fingerprint density at radius 2 is 2.09 bits per heavy atom. The molecular weight excluding hydrogens is 294 g/mol. The second-order valence-electron chi connectivity index (χ2n) is 5.00. The van der Waals surface area contributed by atoms with Crippen molar-refractivity contribution >= 4 is 22.8 Å². The van der Waals surface area contributed by atoms with Crippen LogP contribution in [-0.4, -0.2) is 60.7 Å². The monoisotopic (exact) mass is 309 g/mol. The normalized spacial score (nSPS) is 28.3. The van der Waals surface area contributed by atoms with Crippen LogP contribution in [0.25, 0.3) is 11.0 Å². The van der Waals surface area contributed by atoms with Crippen molar-refractivity contribution in [3.8, 4) is 0 Å². The number of hydrogen-bond donors (Lipinski definition) is 5. The molecule has 7 N–H and O–H groups in total. The molecule has 4 atom stereocenters. The zero-order chi connectivity index (χ0) is 16.0. The van der Waals surface area contributed by atoms with Crippen molar-refractivity contribution in [2.24, 2.45) is 5.73 Å². The Bertz CT molecular complexity index is 732. The highest BCUT2D eigenvalue weighted by atomic mass is 16.6. The molecular formula is C12H15N5O5. The first-order valence-electron chi connectivity index (χ1n) is 6.49. The van der Waals surface area contributed by atoms with E-state index in [0.29, 0.717) is 0 Å². The molecule has 0 aliphatic carbocycles. The number of fused-ring (bicyclic) bond motifs is 1. The molecule has 1 fully saturated rings. The Morgan fingerprint density at radius 1 is 1.36 bits per heavy atom. The molecule has 10 nitrogen and oxygen atoms in total. The average Bonchev–Trinajstić information content (AvgIpc) is 3.00. The van der Waals surface area contributed by atoms with Crippen molar-refractivity contribution in [2.75, 3.05) is 12.3 Å². The third-order valence-electron chi connectivity index (χ3n) is 3.70. The number of nitrogens with two attached hydrogens (primary N) is 2. The summed E-state index contributed by atoms with van der Waals surface area (Å²) < 4.78 is 6.77. The molecule has 0 aromatic carbocycles. The zero-order valence-corrected chi connectivity index (χ0v) is 11.3. The van der Waals surface area contributed by atoms with Crippen LogP contribution in [-0.2, 0) is 4.74 Å². The van der Waals surface area contributed by atoms with E-state index in [4.69, 9.17) is 21.3 Å². The third kappa shape index (κ3) is 2.01. The molecule has 1 aliphatic heterocycles. The number of nitrogens with zero attached hydrogens (tertiary/aromatic N) is 3. The van der Waals surface area contributed by atoms with Crippen LogP contribution in [0.1, 0.15) is 16.6 Å². The minimum absolute atomic E-state index is 0.0595. The maximum atomic E-state index is 11.6. The number of carbonyl (C=O) groups excluding carboxylic acids is 1. The number of aliphatic hydroxyl groups is 3. The lowest BCUT2D eigenvalue weighted by Gasteiger charge is -2.17. The van der Waals surface area contributed by atoms with Gasteiger partial charge in [0.2, 0.25) is 0 Å². The molecule has 1 amide bonds. The first kappa shape index (κ1) is 14.7. The minimum Gasteiger partial charge on any atom is -0.394 e. The van der Waals surface area contributed by atoms with Crippen LogP contribution in [0.4, 0.5) is 5.82 Å². The molecule has 0 bridgehead atoms. The quantitative estimate of drug-likeness (QED) is 0.422. The number of carbonyl (C=O) groups is 1. The standard InChI is InChI=1S/C12H15N5O5/c13-9-6-4(10(14)21)1-17(11(6)16-3-15-9)12-8(20)7(19)5(2-18)22-12/h1,3,5,7-8,12,18-20H,2H2,(H2,14,21)(H2,13,15,16)/t5-,7+,8-,12-/m1/s1. The van der Waals surface area contributed by atoms with Crippen LogP contribution in [0.2, 0.25) is 0 Å². The van der Waals surface area contributed by atoms with Crippen LogP contribution in [0.5, 0.6) is 0 Å². The largest absolute Gasteiger partial charge is 0.394 e. The predicted octanol–water partition coefficient (Wildman–Crippen LogP) is -2.28. The Hall–Kier alpha value is -2.27. The van der Waals surface area contributed by atoms with Gasteiger partial charge in [0.15, 0.2) is 6.23 Å². The summed E-state index contributed by atoms with van der Waals surface area (Å²) in [5.74, 6) is -0.679. The summed E-state index contributed by atoms with van der Waals surface area (Å²) in [5.41, 5.74) is 11.4. The van der Waals surface area contributed by atoms with Gasteiger partial charge in [-0.15, -0.1) is 0 Å². The summed E-state index contributed by atoms with van der Waals surface area (Å²) >= 11 is 0. The van der Waals surface area contributed by atoms with Crippen LogP contribution < -0.4 is 11.5 Å². The van der Waals surface area contributed by atoms with Crippen molar-refractivity contribution < 1.29 is 24.9 Å². The van der Waals surface area contributed by atoms with Crippen molar-refractivity contribution in [1.29, 1.82) is 0 Å². The molecule has 2 aromatic rings. The lowest BCUT2D eigenvalue weighted by Crippen LogP contribution is -2.33. The number of aromatic nitrogens is 3. The number of nitrogen functional groups attached to an aromatic ring is 1. The number of hydrogen-bond acceptors (Lipinski definition) is 8. The lowest BCUT2D eigenvalue weighted by molar-refractivity contribution is -0.0508.